The number of amides is 1. The number of pyridine rings is 1. The third-order valence-corrected chi connectivity index (χ3v) is 5.66. The van der Waals surface area contributed by atoms with Crippen molar-refractivity contribution in [3.63, 3.8) is 0 Å². The number of hydrogen-bond acceptors (Lipinski definition) is 4. The third-order valence-electron chi connectivity index (χ3n) is 5.17. The number of benzene rings is 2. The Hall–Kier alpha value is -3.32. The van der Waals surface area contributed by atoms with Crippen LogP contribution in [0.15, 0.2) is 74.5 Å². The standard InChI is InChI=1S/C23H14BrFN2O3/c1-12-8-9-26-18(10-12)27-20(13-2-5-15(25)6-3-13)19-21(28)16-11-14(24)4-7-17(16)30-22(19)23(27)29/h2-11,20H,1H3. The highest BCUT2D eigenvalue weighted by molar-refractivity contribution is 9.10. The molecule has 0 fully saturated rings. The number of carbonyl (C=O) groups is 1. The lowest BCUT2D eigenvalue weighted by Crippen LogP contribution is -2.30. The Balaban J connectivity index is 1.83. The normalized spacial score (nSPS) is 15.6. The molecule has 5 nitrogen and oxygen atoms in total. The van der Waals surface area contributed by atoms with Gasteiger partial charge in [-0.1, -0.05) is 28.1 Å². The van der Waals surface area contributed by atoms with E-state index >= 15 is 0 Å². The van der Waals surface area contributed by atoms with Crippen molar-refractivity contribution < 1.29 is 13.6 Å². The van der Waals surface area contributed by atoms with Crippen LogP contribution < -0.4 is 10.3 Å². The maximum Gasteiger partial charge on any atom is 0.296 e. The van der Waals surface area contributed by atoms with Crippen LogP contribution in [0.2, 0.25) is 0 Å². The molecule has 0 saturated carbocycles. The molecule has 1 atom stereocenters. The number of rotatable bonds is 2. The second kappa shape index (κ2) is 6.88. The molecule has 30 heavy (non-hydrogen) atoms. The lowest BCUT2D eigenvalue weighted by Gasteiger charge is -2.24. The van der Waals surface area contributed by atoms with Gasteiger partial charge in [-0.25, -0.2) is 9.37 Å². The van der Waals surface area contributed by atoms with Gasteiger partial charge in [0.05, 0.1) is 17.0 Å². The first-order valence-corrected chi connectivity index (χ1v) is 10.0. The Bertz CT molecular complexity index is 1380. The van der Waals surface area contributed by atoms with Crippen LogP contribution in [0.5, 0.6) is 0 Å². The Morgan fingerprint density at radius 1 is 1.07 bits per heavy atom. The lowest BCUT2D eigenvalue weighted by atomic mass is 9.98. The predicted octanol–water partition coefficient (Wildman–Crippen LogP) is 5.15. The van der Waals surface area contributed by atoms with E-state index in [4.69, 9.17) is 4.42 Å². The van der Waals surface area contributed by atoms with Crippen LogP contribution in [0.25, 0.3) is 11.0 Å². The summed E-state index contributed by atoms with van der Waals surface area (Å²) < 4.78 is 20.2. The second-order valence-electron chi connectivity index (χ2n) is 7.14. The molecule has 0 aliphatic carbocycles. The second-order valence-corrected chi connectivity index (χ2v) is 8.05. The van der Waals surface area contributed by atoms with Crippen molar-refractivity contribution in [3.8, 4) is 0 Å². The summed E-state index contributed by atoms with van der Waals surface area (Å²) in [5.41, 5.74) is 1.75. The molecule has 148 valence electrons. The summed E-state index contributed by atoms with van der Waals surface area (Å²) in [6.07, 6.45) is 1.60. The van der Waals surface area contributed by atoms with Crippen molar-refractivity contribution in [2.45, 2.75) is 13.0 Å². The minimum absolute atomic E-state index is 0.0209. The van der Waals surface area contributed by atoms with Crippen LogP contribution in [-0.2, 0) is 0 Å². The zero-order valence-corrected chi connectivity index (χ0v) is 17.3. The van der Waals surface area contributed by atoms with Crippen LogP contribution in [0, 0.1) is 12.7 Å². The Kier molecular flexibility index (Phi) is 4.29. The van der Waals surface area contributed by atoms with Gasteiger partial charge in [-0.15, -0.1) is 0 Å². The summed E-state index contributed by atoms with van der Waals surface area (Å²) in [6.45, 7) is 1.89. The first-order chi connectivity index (χ1) is 14.4. The average Bonchev–Trinajstić information content (AvgIpc) is 3.02. The van der Waals surface area contributed by atoms with Crippen LogP contribution in [-0.4, -0.2) is 10.9 Å². The smallest absolute Gasteiger partial charge is 0.296 e. The fourth-order valence-corrected chi connectivity index (χ4v) is 4.15. The van der Waals surface area contributed by atoms with E-state index in [2.05, 4.69) is 20.9 Å². The van der Waals surface area contributed by atoms with E-state index in [0.29, 0.717) is 22.4 Å². The summed E-state index contributed by atoms with van der Waals surface area (Å²) in [5, 5.41) is 0.363. The zero-order valence-electron chi connectivity index (χ0n) is 15.7. The largest absolute Gasteiger partial charge is 0.450 e. The number of aromatic nitrogens is 1. The molecular formula is C23H14BrFN2O3. The van der Waals surface area contributed by atoms with Crippen LogP contribution in [0.1, 0.15) is 33.3 Å². The molecule has 0 radical (unpaired) electrons. The third kappa shape index (κ3) is 2.85. The Labute approximate surface area is 178 Å². The van der Waals surface area contributed by atoms with E-state index in [9.17, 15) is 14.0 Å². The number of carbonyl (C=O) groups excluding carboxylic acids is 1. The van der Waals surface area contributed by atoms with Gasteiger partial charge in [0.15, 0.2) is 5.43 Å². The number of halogens is 2. The summed E-state index contributed by atoms with van der Waals surface area (Å²) >= 11 is 3.37. The van der Waals surface area contributed by atoms with Gasteiger partial charge in [0.1, 0.15) is 17.2 Å². The van der Waals surface area contributed by atoms with Gasteiger partial charge in [-0.05, 0) is 60.5 Å². The number of fused-ring (bicyclic) bond motifs is 2. The summed E-state index contributed by atoms with van der Waals surface area (Å²) in [7, 11) is 0. The number of aryl methyl sites for hydroxylation is 1. The molecule has 0 spiro atoms. The van der Waals surface area contributed by atoms with Crippen molar-refractivity contribution in [1.82, 2.24) is 4.98 Å². The quantitative estimate of drug-likeness (QED) is 0.411. The summed E-state index contributed by atoms with van der Waals surface area (Å²) in [6, 6.07) is 13.6. The van der Waals surface area contributed by atoms with E-state index < -0.39 is 17.8 Å². The van der Waals surface area contributed by atoms with E-state index in [0.717, 1.165) is 10.0 Å². The maximum atomic E-state index is 13.6. The average molecular weight is 465 g/mol. The molecule has 1 aliphatic rings. The van der Waals surface area contributed by atoms with E-state index in [1.54, 1.807) is 42.6 Å². The molecule has 2 aromatic heterocycles. The van der Waals surface area contributed by atoms with E-state index in [1.807, 2.05) is 13.0 Å². The molecule has 3 heterocycles. The molecule has 0 bridgehead atoms. The maximum absolute atomic E-state index is 13.6. The van der Waals surface area contributed by atoms with Gasteiger partial charge in [0.25, 0.3) is 5.91 Å². The highest BCUT2D eigenvalue weighted by Crippen LogP contribution is 2.40. The predicted molar refractivity (Wildman–Crippen MR) is 114 cm³/mol. The Morgan fingerprint density at radius 2 is 1.83 bits per heavy atom. The number of hydrogen-bond donors (Lipinski definition) is 0. The SMILES string of the molecule is Cc1ccnc(N2C(=O)c3oc4ccc(Br)cc4c(=O)c3C2c2ccc(F)cc2)c1. The van der Waals surface area contributed by atoms with E-state index in [-0.39, 0.29) is 16.8 Å². The van der Waals surface area contributed by atoms with Gasteiger partial charge >= 0.3 is 0 Å². The fourth-order valence-electron chi connectivity index (χ4n) is 3.79. The Morgan fingerprint density at radius 3 is 2.57 bits per heavy atom. The lowest BCUT2D eigenvalue weighted by molar-refractivity contribution is 0.0970. The van der Waals surface area contributed by atoms with Crippen LogP contribution in [0.4, 0.5) is 10.2 Å². The van der Waals surface area contributed by atoms with Gasteiger partial charge < -0.3 is 4.42 Å². The number of nitrogens with zero attached hydrogens (tertiary/aromatic N) is 2. The molecular weight excluding hydrogens is 451 g/mol. The molecule has 0 saturated heterocycles. The van der Waals surface area contributed by atoms with Gasteiger partial charge in [0, 0.05) is 10.7 Å². The van der Waals surface area contributed by atoms with Crippen molar-refractivity contribution >= 4 is 38.6 Å². The molecule has 7 heteroatoms. The van der Waals surface area contributed by atoms with Gasteiger partial charge in [-0.2, -0.15) is 0 Å². The first-order valence-electron chi connectivity index (χ1n) is 9.22. The molecule has 5 rings (SSSR count). The van der Waals surface area contributed by atoms with Crippen molar-refractivity contribution in [1.29, 1.82) is 0 Å². The fraction of sp³-hybridized carbons (Fsp3) is 0.0870. The summed E-state index contributed by atoms with van der Waals surface area (Å²) in [4.78, 5) is 32.6. The molecule has 4 aromatic rings. The molecule has 1 unspecified atom stereocenters. The highest BCUT2D eigenvalue weighted by Gasteiger charge is 2.44. The van der Waals surface area contributed by atoms with Gasteiger partial charge in [-0.3, -0.25) is 14.5 Å². The molecule has 1 amide bonds. The van der Waals surface area contributed by atoms with Crippen LogP contribution in [0.3, 0.4) is 0 Å². The molecule has 0 N–H and O–H groups in total. The highest BCUT2D eigenvalue weighted by atomic mass is 79.9. The van der Waals surface area contributed by atoms with E-state index in [1.165, 1.54) is 17.0 Å². The van der Waals surface area contributed by atoms with Crippen molar-refractivity contribution in [3.05, 3.63) is 104 Å². The van der Waals surface area contributed by atoms with Crippen molar-refractivity contribution in [2.75, 3.05) is 4.90 Å². The van der Waals surface area contributed by atoms with Gasteiger partial charge in [0.2, 0.25) is 5.76 Å². The van der Waals surface area contributed by atoms with Crippen LogP contribution >= 0.6 is 15.9 Å². The molecule has 2 aromatic carbocycles. The molecule has 1 aliphatic heterocycles. The first kappa shape index (κ1) is 18.7. The monoisotopic (exact) mass is 464 g/mol. The minimum atomic E-state index is -0.776. The number of anilines is 1. The zero-order chi connectivity index (χ0) is 21.0. The topological polar surface area (TPSA) is 63.4 Å². The van der Waals surface area contributed by atoms with Crippen molar-refractivity contribution in [2.24, 2.45) is 0 Å². The summed E-state index contributed by atoms with van der Waals surface area (Å²) in [5.74, 6) is -0.491. The minimum Gasteiger partial charge on any atom is -0.450 e.